The number of para-hydroxylation sites is 1. The Kier molecular flexibility index (Phi) is 5.57. The fraction of sp³-hybridized carbons (Fsp3) is 0.136. The second-order valence-corrected chi connectivity index (χ2v) is 7.63. The Morgan fingerprint density at radius 3 is 2.53 bits per heavy atom. The summed E-state index contributed by atoms with van der Waals surface area (Å²) in [4.78, 5) is 12.6. The van der Waals surface area contributed by atoms with Crippen LogP contribution in [0.3, 0.4) is 0 Å². The van der Waals surface area contributed by atoms with Gasteiger partial charge in [-0.15, -0.1) is 0 Å². The third-order valence-electron chi connectivity index (χ3n) is 4.87. The van der Waals surface area contributed by atoms with Crippen molar-refractivity contribution >= 4 is 34.9 Å². The van der Waals surface area contributed by atoms with Gasteiger partial charge in [0.15, 0.2) is 5.11 Å². The molecular formula is C22H19ClN4O2S. The van der Waals surface area contributed by atoms with Crippen LogP contribution in [0.15, 0.2) is 72.1 Å². The number of ether oxygens (including phenoxy) is 1. The Morgan fingerprint density at radius 2 is 1.87 bits per heavy atom. The molecule has 6 nitrogen and oxygen atoms in total. The fourth-order valence-corrected chi connectivity index (χ4v) is 3.85. The highest BCUT2D eigenvalue weighted by Gasteiger charge is 2.33. The summed E-state index contributed by atoms with van der Waals surface area (Å²) in [6.45, 7) is 1.80. The van der Waals surface area contributed by atoms with E-state index in [0.717, 1.165) is 16.8 Å². The van der Waals surface area contributed by atoms with E-state index in [1.807, 2.05) is 60.8 Å². The van der Waals surface area contributed by atoms with Gasteiger partial charge in [0.25, 0.3) is 0 Å². The maximum Gasteiger partial charge on any atom is 0.337 e. The molecule has 0 fully saturated rings. The molecule has 0 bridgehead atoms. The maximum absolute atomic E-state index is 12.6. The Balaban J connectivity index is 1.92. The number of allylic oxidation sites excluding steroid dienone is 1. The zero-order valence-corrected chi connectivity index (χ0v) is 17.9. The van der Waals surface area contributed by atoms with E-state index in [9.17, 15) is 4.79 Å². The van der Waals surface area contributed by atoms with Crippen LogP contribution in [0, 0.1) is 0 Å². The molecule has 0 radical (unpaired) electrons. The van der Waals surface area contributed by atoms with E-state index in [4.69, 9.17) is 33.7 Å². The molecule has 3 aromatic rings. The van der Waals surface area contributed by atoms with Crippen LogP contribution in [0.4, 0.5) is 0 Å². The lowest BCUT2D eigenvalue weighted by Crippen LogP contribution is -2.45. The molecule has 1 aromatic heterocycles. The molecule has 1 aliphatic rings. The lowest BCUT2D eigenvalue weighted by molar-refractivity contribution is -0.136. The zero-order chi connectivity index (χ0) is 21.3. The number of carbonyl (C=O) groups excluding carboxylic acids is 1. The van der Waals surface area contributed by atoms with Gasteiger partial charge < -0.3 is 15.4 Å². The van der Waals surface area contributed by atoms with Crippen molar-refractivity contribution in [3.8, 4) is 16.9 Å². The van der Waals surface area contributed by atoms with Gasteiger partial charge >= 0.3 is 5.97 Å². The van der Waals surface area contributed by atoms with Gasteiger partial charge in [0.05, 0.1) is 30.1 Å². The van der Waals surface area contributed by atoms with Gasteiger partial charge in [0.2, 0.25) is 0 Å². The van der Waals surface area contributed by atoms with Crippen molar-refractivity contribution in [3.05, 3.63) is 82.7 Å². The molecule has 1 aliphatic heterocycles. The Labute approximate surface area is 184 Å². The summed E-state index contributed by atoms with van der Waals surface area (Å²) in [5.41, 5.74) is 4.38. The number of nitrogens with one attached hydrogen (secondary N) is 2. The average molecular weight is 439 g/mol. The number of aromatic nitrogens is 2. The SMILES string of the molecule is COC(=O)C1=C(C)NC(=S)NC1c1cn(-c2ccccc2)nc1-c1ccc(Cl)cc1. The number of benzene rings is 2. The number of halogens is 1. The minimum Gasteiger partial charge on any atom is -0.466 e. The molecular weight excluding hydrogens is 420 g/mol. The molecule has 2 N–H and O–H groups in total. The van der Waals surface area contributed by atoms with Crippen molar-refractivity contribution in [2.45, 2.75) is 13.0 Å². The summed E-state index contributed by atoms with van der Waals surface area (Å²) >= 11 is 11.4. The van der Waals surface area contributed by atoms with E-state index in [1.165, 1.54) is 7.11 Å². The van der Waals surface area contributed by atoms with Gasteiger partial charge in [-0.1, -0.05) is 41.9 Å². The molecule has 152 valence electrons. The predicted octanol–water partition coefficient (Wildman–Crippen LogP) is 4.16. The molecule has 0 saturated heterocycles. The average Bonchev–Trinajstić information content (AvgIpc) is 3.19. The second kappa shape index (κ2) is 8.30. The predicted molar refractivity (Wildman–Crippen MR) is 120 cm³/mol. The first kappa shape index (κ1) is 20.1. The first-order valence-corrected chi connectivity index (χ1v) is 10.0. The molecule has 0 aliphatic carbocycles. The van der Waals surface area contributed by atoms with E-state index in [-0.39, 0.29) is 0 Å². The number of hydrogen-bond acceptors (Lipinski definition) is 4. The highest BCUT2D eigenvalue weighted by atomic mass is 35.5. The van der Waals surface area contributed by atoms with Crippen molar-refractivity contribution in [1.82, 2.24) is 20.4 Å². The highest BCUT2D eigenvalue weighted by Crippen LogP contribution is 2.35. The zero-order valence-electron chi connectivity index (χ0n) is 16.3. The summed E-state index contributed by atoms with van der Waals surface area (Å²) in [6, 6.07) is 16.7. The number of methoxy groups -OCH3 is 1. The number of rotatable bonds is 4. The smallest absolute Gasteiger partial charge is 0.337 e. The van der Waals surface area contributed by atoms with Crippen LogP contribution in [-0.2, 0) is 9.53 Å². The summed E-state index contributed by atoms with van der Waals surface area (Å²) in [5, 5.41) is 12.1. The Hall–Kier alpha value is -3.16. The van der Waals surface area contributed by atoms with Crippen LogP contribution >= 0.6 is 23.8 Å². The minimum absolute atomic E-state index is 0.430. The normalized spacial score (nSPS) is 16.1. The topological polar surface area (TPSA) is 68.2 Å². The van der Waals surface area contributed by atoms with Crippen LogP contribution in [0.25, 0.3) is 16.9 Å². The Bertz CT molecular complexity index is 1140. The van der Waals surface area contributed by atoms with E-state index in [0.29, 0.717) is 27.1 Å². The summed E-state index contributed by atoms with van der Waals surface area (Å²) < 4.78 is 6.82. The summed E-state index contributed by atoms with van der Waals surface area (Å²) in [6.07, 6.45) is 1.90. The van der Waals surface area contributed by atoms with Crippen LogP contribution in [-0.4, -0.2) is 28.0 Å². The van der Waals surface area contributed by atoms with Gasteiger partial charge in [-0.25, -0.2) is 9.48 Å². The molecule has 4 rings (SSSR count). The molecule has 0 amide bonds. The van der Waals surface area contributed by atoms with Crippen LogP contribution in [0.2, 0.25) is 5.02 Å². The van der Waals surface area contributed by atoms with Crippen LogP contribution in [0.1, 0.15) is 18.5 Å². The molecule has 0 spiro atoms. The first-order valence-electron chi connectivity index (χ1n) is 9.25. The molecule has 0 saturated carbocycles. The van der Waals surface area contributed by atoms with E-state index < -0.39 is 12.0 Å². The standard InChI is InChI=1S/C22H19ClN4O2S/c1-13-18(21(28)29-2)20(25-22(30)24-13)17-12-27(16-6-4-3-5-7-16)26-19(17)14-8-10-15(23)11-9-14/h3-12,20H,1-2H3,(H2,24,25,30). The number of thiocarbonyl (C=S) groups is 1. The maximum atomic E-state index is 12.6. The van der Waals surface area contributed by atoms with E-state index in [2.05, 4.69) is 10.6 Å². The quantitative estimate of drug-likeness (QED) is 0.471. The molecule has 1 atom stereocenters. The van der Waals surface area contributed by atoms with Crippen molar-refractivity contribution in [2.75, 3.05) is 7.11 Å². The third kappa shape index (κ3) is 3.81. The van der Waals surface area contributed by atoms with Gasteiger partial charge in [0, 0.05) is 28.0 Å². The molecule has 1 unspecified atom stereocenters. The van der Waals surface area contributed by atoms with Crippen molar-refractivity contribution < 1.29 is 9.53 Å². The number of carbonyl (C=O) groups is 1. The second-order valence-electron chi connectivity index (χ2n) is 6.78. The monoisotopic (exact) mass is 438 g/mol. The summed E-state index contributed by atoms with van der Waals surface area (Å²) in [5.74, 6) is -0.436. The number of nitrogens with zero attached hydrogens (tertiary/aromatic N) is 2. The number of esters is 1. The lowest BCUT2D eigenvalue weighted by atomic mass is 9.94. The molecule has 2 heterocycles. The van der Waals surface area contributed by atoms with Gasteiger partial charge in [0.1, 0.15) is 0 Å². The lowest BCUT2D eigenvalue weighted by Gasteiger charge is -2.29. The van der Waals surface area contributed by atoms with Crippen molar-refractivity contribution in [3.63, 3.8) is 0 Å². The third-order valence-corrected chi connectivity index (χ3v) is 5.34. The Morgan fingerprint density at radius 1 is 1.17 bits per heavy atom. The largest absolute Gasteiger partial charge is 0.466 e. The minimum atomic E-state index is -0.519. The van der Waals surface area contributed by atoms with Crippen LogP contribution in [0.5, 0.6) is 0 Å². The van der Waals surface area contributed by atoms with Crippen molar-refractivity contribution in [2.24, 2.45) is 0 Å². The van der Waals surface area contributed by atoms with Gasteiger partial charge in [-0.05, 0) is 43.4 Å². The van der Waals surface area contributed by atoms with Crippen molar-refractivity contribution in [1.29, 1.82) is 0 Å². The highest BCUT2D eigenvalue weighted by molar-refractivity contribution is 7.80. The van der Waals surface area contributed by atoms with Gasteiger partial charge in [-0.2, -0.15) is 5.10 Å². The van der Waals surface area contributed by atoms with Gasteiger partial charge in [-0.3, -0.25) is 0 Å². The summed E-state index contributed by atoms with van der Waals surface area (Å²) in [7, 11) is 1.36. The molecule has 8 heteroatoms. The van der Waals surface area contributed by atoms with Crippen LogP contribution < -0.4 is 10.6 Å². The first-order chi connectivity index (χ1) is 14.5. The molecule has 30 heavy (non-hydrogen) atoms. The van der Waals surface area contributed by atoms with E-state index >= 15 is 0 Å². The fourth-order valence-electron chi connectivity index (χ4n) is 3.45. The molecule has 2 aromatic carbocycles. The number of hydrogen-bond donors (Lipinski definition) is 2. The van der Waals surface area contributed by atoms with E-state index in [1.54, 1.807) is 11.6 Å².